The Labute approximate surface area is 123 Å². The molecule has 1 heterocycles. The molecule has 0 amide bonds. The number of rotatable bonds is 4. The van der Waals surface area contributed by atoms with Gasteiger partial charge in [-0.2, -0.15) is 0 Å². The van der Waals surface area contributed by atoms with Crippen molar-refractivity contribution in [3.63, 3.8) is 0 Å². The first-order valence-corrected chi connectivity index (χ1v) is 6.77. The molecule has 0 saturated heterocycles. The summed E-state index contributed by atoms with van der Waals surface area (Å²) in [4.78, 5) is 8.48. The molecule has 4 heteroatoms. The van der Waals surface area contributed by atoms with Gasteiger partial charge in [0.1, 0.15) is 18.0 Å². The molecule has 0 atom stereocenters. The zero-order valence-corrected chi connectivity index (χ0v) is 11.7. The van der Waals surface area contributed by atoms with E-state index < -0.39 is 0 Å². The number of nitrogens with zero attached hydrogens (tertiary/aromatic N) is 2. The van der Waals surface area contributed by atoms with E-state index in [1.54, 1.807) is 6.33 Å². The van der Waals surface area contributed by atoms with Gasteiger partial charge in [-0.1, -0.05) is 30.3 Å². The molecule has 0 fully saturated rings. The highest BCUT2D eigenvalue weighted by atomic mass is 15.1. The smallest absolute Gasteiger partial charge is 0.135 e. The van der Waals surface area contributed by atoms with E-state index in [1.165, 1.54) is 5.56 Å². The number of hydrogen-bond donors (Lipinski definition) is 2. The molecule has 1 aromatic heterocycles. The van der Waals surface area contributed by atoms with E-state index >= 15 is 0 Å². The van der Waals surface area contributed by atoms with Crippen molar-refractivity contribution in [2.45, 2.75) is 6.92 Å². The molecule has 0 radical (unpaired) electrons. The van der Waals surface area contributed by atoms with Crippen molar-refractivity contribution in [1.82, 2.24) is 9.97 Å². The third-order valence-electron chi connectivity index (χ3n) is 3.00. The lowest BCUT2D eigenvalue weighted by Crippen LogP contribution is -1.98. The fraction of sp³-hybridized carbons (Fsp3) is 0.0588. The normalized spacial score (nSPS) is 10.1. The average molecular weight is 276 g/mol. The number of benzene rings is 2. The van der Waals surface area contributed by atoms with Gasteiger partial charge in [-0.3, -0.25) is 0 Å². The molecule has 21 heavy (non-hydrogen) atoms. The summed E-state index contributed by atoms with van der Waals surface area (Å²) in [5, 5.41) is 6.53. The number of para-hydroxylation sites is 1. The molecule has 2 N–H and O–H groups in total. The Bertz CT molecular complexity index is 726. The second kappa shape index (κ2) is 6.05. The Morgan fingerprint density at radius 2 is 1.38 bits per heavy atom. The van der Waals surface area contributed by atoms with Crippen LogP contribution in [0.2, 0.25) is 0 Å². The summed E-state index contributed by atoms with van der Waals surface area (Å²) in [6, 6.07) is 20.0. The van der Waals surface area contributed by atoms with Crippen LogP contribution >= 0.6 is 0 Å². The predicted octanol–water partition coefficient (Wildman–Crippen LogP) is 4.27. The van der Waals surface area contributed by atoms with Gasteiger partial charge in [0.2, 0.25) is 0 Å². The van der Waals surface area contributed by atoms with Crippen molar-refractivity contribution in [2.24, 2.45) is 0 Å². The maximum atomic E-state index is 4.24. The fourth-order valence-corrected chi connectivity index (χ4v) is 2.03. The molecule has 0 spiro atoms. The van der Waals surface area contributed by atoms with Crippen LogP contribution in [-0.2, 0) is 0 Å². The Kier molecular flexibility index (Phi) is 3.78. The summed E-state index contributed by atoms with van der Waals surface area (Å²) in [5.74, 6) is 1.51. The van der Waals surface area contributed by atoms with Crippen molar-refractivity contribution in [3.8, 4) is 0 Å². The van der Waals surface area contributed by atoms with E-state index in [4.69, 9.17) is 0 Å². The van der Waals surface area contributed by atoms with Crippen molar-refractivity contribution < 1.29 is 0 Å². The van der Waals surface area contributed by atoms with Gasteiger partial charge >= 0.3 is 0 Å². The topological polar surface area (TPSA) is 49.8 Å². The minimum absolute atomic E-state index is 0.756. The van der Waals surface area contributed by atoms with Gasteiger partial charge in [0, 0.05) is 17.4 Å². The van der Waals surface area contributed by atoms with Gasteiger partial charge in [0.05, 0.1) is 0 Å². The van der Waals surface area contributed by atoms with E-state index in [1.807, 2.05) is 48.5 Å². The monoisotopic (exact) mass is 276 g/mol. The van der Waals surface area contributed by atoms with Crippen LogP contribution in [0.25, 0.3) is 0 Å². The number of aryl methyl sites for hydroxylation is 1. The third-order valence-corrected chi connectivity index (χ3v) is 3.00. The second-order valence-electron chi connectivity index (χ2n) is 4.77. The van der Waals surface area contributed by atoms with Gasteiger partial charge < -0.3 is 10.6 Å². The molecule has 0 bridgehead atoms. The van der Waals surface area contributed by atoms with Crippen LogP contribution in [-0.4, -0.2) is 9.97 Å². The van der Waals surface area contributed by atoms with Crippen LogP contribution in [0, 0.1) is 6.92 Å². The molecule has 3 rings (SSSR count). The maximum absolute atomic E-state index is 4.24. The highest BCUT2D eigenvalue weighted by Crippen LogP contribution is 2.19. The maximum Gasteiger partial charge on any atom is 0.135 e. The zero-order chi connectivity index (χ0) is 14.5. The minimum Gasteiger partial charge on any atom is -0.340 e. The van der Waals surface area contributed by atoms with Crippen LogP contribution in [0.15, 0.2) is 67.0 Å². The Balaban J connectivity index is 1.77. The lowest BCUT2D eigenvalue weighted by atomic mass is 10.2. The predicted molar refractivity (Wildman–Crippen MR) is 86.2 cm³/mol. The molecule has 0 unspecified atom stereocenters. The van der Waals surface area contributed by atoms with Gasteiger partial charge in [-0.15, -0.1) is 0 Å². The number of anilines is 4. The van der Waals surface area contributed by atoms with E-state index in [0.717, 1.165) is 23.0 Å². The van der Waals surface area contributed by atoms with E-state index in [0.29, 0.717) is 0 Å². The standard InChI is InChI=1S/C17H16N4/c1-13-6-5-9-15(10-13)21-17-11-16(18-12-19-17)20-14-7-3-2-4-8-14/h2-12H,1H3,(H2,18,19,20,21). The molecule has 2 aromatic carbocycles. The number of aromatic nitrogens is 2. The Morgan fingerprint density at radius 1 is 0.714 bits per heavy atom. The zero-order valence-electron chi connectivity index (χ0n) is 11.7. The molecule has 3 aromatic rings. The van der Waals surface area contributed by atoms with Crippen LogP contribution < -0.4 is 10.6 Å². The first kappa shape index (κ1) is 13.1. The van der Waals surface area contributed by atoms with E-state index in [-0.39, 0.29) is 0 Å². The summed E-state index contributed by atoms with van der Waals surface area (Å²) < 4.78 is 0. The van der Waals surface area contributed by atoms with Crippen molar-refractivity contribution in [1.29, 1.82) is 0 Å². The first-order chi connectivity index (χ1) is 10.3. The summed E-state index contributed by atoms with van der Waals surface area (Å²) in [5.41, 5.74) is 3.22. The van der Waals surface area contributed by atoms with Crippen molar-refractivity contribution >= 4 is 23.0 Å². The van der Waals surface area contributed by atoms with E-state index in [2.05, 4.69) is 39.7 Å². The molecule has 4 nitrogen and oxygen atoms in total. The second-order valence-corrected chi connectivity index (χ2v) is 4.77. The number of hydrogen-bond acceptors (Lipinski definition) is 4. The molecule has 0 aliphatic heterocycles. The minimum atomic E-state index is 0.756. The van der Waals surface area contributed by atoms with Crippen LogP contribution in [0.3, 0.4) is 0 Å². The fourth-order valence-electron chi connectivity index (χ4n) is 2.03. The van der Waals surface area contributed by atoms with Gasteiger partial charge in [0.25, 0.3) is 0 Å². The van der Waals surface area contributed by atoms with Gasteiger partial charge in [0.15, 0.2) is 0 Å². The third kappa shape index (κ3) is 3.57. The first-order valence-electron chi connectivity index (χ1n) is 6.77. The summed E-state index contributed by atoms with van der Waals surface area (Å²) in [6.07, 6.45) is 1.55. The Hall–Kier alpha value is -2.88. The summed E-state index contributed by atoms with van der Waals surface area (Å²) in [6.45, 7) is 2.06. The van der Waals surface area contributed by atoms with Crippen molar-refractivity contribution in [2.75, 3.05) is 10.6 Å². The van der Waals surface area contributed by atoms with Crippen LogP contribution in [0.5, 0.6) is 0 Å². The van der Waals surface area contributed by atoms with Gasteiger partial charge in [-0.05, 0) is 36.8 Å². The van der Waals surface area contributed by atoms with Crippen molar-refractivity contribution in [3.05, 3.63) is 72.6 Å². The average Bonchev–Trinajstić information content (AvgIpc) is 2.49. The van der Waals surface area contributed by atoms with Crippen LogP contribution in [0.4, 0.5) is 23.0 Å². The quantitative estimate of drug-likeness (QED) is 0.747. The lowest BCUT2D eigenvalue weighted by molar-refractivity contribution is 1.17. The number of nitrogens with one attached hydrogen (secondary N) is 2. The Morgan fingerprint density at radius 3 is 2.10 bits per heavy atom. The lowest BCUT2D eigenvalue weighted by Gasteiger charge is -2.09. The molecular formula is C17H16N4. The summed E-state index contributed by atoms with van der Waals surface area (Å²) >= 11 is 0. The summed E-state index contributed by atoms with van der Waals surface area (Å²) in [7, 11) is 0. The largest absolute Gasteiger partial charge is 0.340 e. The molecule has 0 aliphatic carbocycles. The highest BCUT2D eigenvalue weighted by molar-refractivity contribution is 5.62. The SMILES string of the molecule is Cc1cccc(Nc2cc(Nc3ccccc3)ncn2)c1. The molecule has 0 aliphatic rings. The van der Waals surface area contributed by atoms with E-state index in [9.17, 15) is 0 Å². The molecular weight excluding hydrogens is 260 g/mol. The molecule has 104 valence electrons. The van der Waals surface area contributed by atoms with Crippen LogP contribution in [0.1, 0.15) is 5.56 Å². The molecule has 0 saturated carbocycles. The highest BCUT2D eigenvalue weighted by Gasteiger charge is 2.00. The van der Waals surface area contributed by atoms with Gasteiger partial charge in [-0.25, -0.2) is 9.97 Å².